The van der Waals surface area contributed by atoms with Crippen LogP contribution in [0.3, 0.4) is 0 Å². The highest BCUT2D eigenvalue weighted by atomic mass is 16.3. The van der Waals surface area contributed by atoms with Crippen LogP contribution in [0.25, 0.3) is 0 Å². The van der Waals surface area contributed by atoms with Crippen molar-refractivity contribution >= 4 is 0 Å². The minimum absolute atomic E-state index is 0.263. The first kappa shape index (κ1) is 14.6. The molecule has 0 radical (unpaired) electrons. The maximum atomic E-state index is 9.38. The number of aromatic hydroxyl groups is 1. The van der Waals surface area contributed by atoms with Gasteiger partial charge in [0.15, 0.2) is 0 Å². The summed E-state index contributed by atoms with van der Waals surface area (Å²) in [5.41, 5.74) is 8.21. The lowest BCUT2D eigenvalue weighted by Crippen LogP contribution is -2.31. The van der Waals surface area contributed by atoms with E-state index in [9.17, 15) is 5.11 Å². The first-order valence-electron chi connectivity index (χ1n) is 6.97. The van der Waals surface area contributed by atoms with E-state index in [1.807, 2.05) is 18.2 Å². The van der Waals surface area contributed by atoms with Crippen LogP contribution in [0.15, 0.2) is 54.6 Å². The molecule has 0 aromatic heterocycles. The maximum absolute atomic E-state index is 9.38. The molecule has 2 aromatic carbocycles. The lowest BCUT2D eigenvalue weighted by Gasteiger charge is -2.29. The molecule has 0 aliphatic rings. The standard InChI is InChI=1S/C17H22N2O/c1-14(16-7-9-17(20)10-8-16)19(12-11-18)13-15-5-3-2-4-6-15/h2-10,14,20H,11-13,18H2,1H3. The second kappa shape index (κ2) is 7.08. The fourth-order valence-corrected chi connectivity index (χ4v) is 2.36. The molecule has 0 saturated carbocycles. The SMILES string of the molecule is CC(c1ccc(O)cc1)N(CCN)Cc1ccccc1. The van der Waals surface area contributed by atoms with Crippen LogP contribution in [0.5, 0.6) is 5.75 Å². The molecule has 1 atom stereocenters. The van der Waals surface area contributed by atoms with E-state index in [0.29, 0.717) is 12.3 Å². The number of hydrogen-bond acceptors (Lipinski definition) is 3. The second-order valence-corrected chi connectivity index (χ2v) is 5.01. The molecule has 3 N–H and O–H groups in total. The van der Waals surface area contributed by atoms with Crippen LogP contribution in [-0.4, -0.2) is 23.1 Å². The van der Waals surface area contributed by atoms with Crippen LogP contribution in [0.2, 0.25) is 0 Å². The summed E-state index contributed by atoms with van der Waals surface area (Å²) < 4.78 is 0. The highest BCUT2D eigenvalue weighted by Gasteiger charge is 2.15. The van der Waals surface area contributed by atoms with E-state index in [2.05, 4.69) is 36.1 Å². The van der Waals surface area contributed by atoms with Crippen molar-refractivity contribution in [3.05, 3.63) is 65.7 Å². The Hall–Kier alpha value is -1.84. The Balaban J connectivity index is 2.13. The van der Waals surface area contributed by atoms with Crippen molar-refractivity contribution in [2.24, 2.45) is 5.73 Å². The largest absolute Gasteiger partial charge is 0.508 e. The summed E-state index contributed by atoms with van der Waals surface area (Å²) in [6.07, 6.45) is 0. The van der Waals surface area contributed by atoms with Crippen molar-refractivity contribution < 1.29 is 5.11 Å². The number of hydrogen-bond donors (Lipinski definition) is 2. The van der Waals surface area contributed by atoms with E-state index in [-0.39, 0.29) is 6.04 Å². The summed E-state index contributed by atoms with van der Waals surface area (Å²) in [6, 6.07) is 18.1. The van der Waals surface area contributed by atoms with Gasteiger partial charge in [-0.1, -0.05) is 42.5 Å². The fourth-order valence-electron chi connectivity index (χ4n) is 2.36. The van der Waals surface area contributed by atoms with Gasteiger partial charge in [0.1, 0.15) is 5.75 Å². The lowest BCUT2D eigenvalue weighted by atomic mass is 10.1. The highest BCUT2D eigenvalue weighted by molar-refractivity contribution is 5.28. The number of phenols is 1. The van der Waals surface area contributed by atoms with E-state index in [0.717, 1.165) is 13.1 Å². The average Bonchev–Trinajstić information content (AvgIpc) is 2.48. The number of nitrogens with zero attached hydrogens (tertiary/aromatic N) is 1. The summed E-state index contributed by atoms with van der Waals surface area (Å²) in [6.45, 7) is 4.53. The van der Waals surface area contributed by atoms with Gasteiger partial charge in [-0.25, -0.2) is 0 Å². The van der Waals surface area contributed by atoms with Gasteiger partial charge in [0.2, 0.25) is 0 Å². The predicted octanol–water partition coefficient (Wildman–Crippen LogP) is 2.91. The molecule has 0 heterocycles. The smallest absolute Gasteiger partial charge is 0.115 e. The molecule has 1 unspecified atom stereocenters. The van der Waals surface area contributed by atoms with E-state index in [4.69, 9.17) is 5.73 Å². The first-order chi connectivity index (χ1) is 9.70. The van der Waals surface area contributed by atoms with Gasteiger partial charge in [0, 0.05) is 25.7 Å². The van der Waals surface area contributed by atoms with Crippen LogP contribution < -0.4 is 5.73 Å². The maximum Gasteiger partial charge on any atom is 0.115 e. The molecule has 0 saturated heterocycles. The van der Waals surface area contributed by atoms with Crippen molar-refractivity contribution in [2.75, 3.05) is 13.1 Å². The second-order valence-electron chi connectivity index (χ2n) is 5.01. The van der Waals surface area contributed by atoms with Crippen molar-refractivity contribution in [3.63, 3.8) is 0 Å². The minimum atomic E-state index is 0.263. The normalized spacial score (nSPS) is 12.6. The predicted molar refractivity (Wildman–Crippen MR) is 82.4 cm³/mol. The third-order valence-corrected chi connectivity index (χ3v) is 3.57. The van der Waals surface area contributed by atoms with Crippen LogP contribution in [0, 0.1) is 0 Å². The van der Waals surface area contributed by atoms with Gasteiger partial charge in [-0.05, 0) is 30.2 Å². The fraction of sp³-hybridized carbons (Fsp3) is 0.294. The molecule has 0 bridgehead atoms. The molecule has 2 rings (SSSR count). The van der Waals surface area contributed by atoms with Crippen LogP contribution in [-0.2, 0) is 6.54 Å². The zero-order chi connectivity index (χ0) is 14.4. The minimum Gasteiger partial charge on any atom is -0.508 e. The number of phenolic OH excluding ortho intramolecular Hbond substituents is 1. The molecule has 2 aromatic rings. The molecule has 3 nitrogen and oxygen atoms in total. The molecular weight excluding hydrogens is 248 g/mol. The van der Waals surface area contributed by atoms with Crippen LogP contribution in [0.1, 0.15) is 24.1 Å². The summed E-state index contributed by atoms with van der Waals surface area (Å²) >= 11 is 0. The molecule has 0 amide bonds. The Morgan fingerprint density at radius 1 is 1.05 bits per heavy atom. The Bertz CT molecular complexity index is 510. The van der Waals surface area contributed by atoms with E-state index < -0.39 is 0 Å². The van der Waals surface area contributed by atoms with Crippen molar-refractivity contribution in [3.8, 4) is 5.75 Å². The molecule has 106 valence electrons. The zero-order valence-corrected chi connectivity index (χ0v) is 11.9. The highest BCUT2D eigenvalue weighted by Crippen LogP contribution is 2.23. The van der Waals surface area contributed by atoms with E-state index >= 15 is 0 Å². The monoisotopic (exact) mass is 270 g/mol. The Morgan fingerprint density at radius 2 is 1.70 bits per heavy atom. The number of rotatable bonds is 6. The summed E-state index contributed by atoms with van der Waals surface area (Å²) in [4.78, 5) is 2.35. The average molecular weight is 270 g/mol. The van der Waals surface area contributed by atoms with Gasteiger partial charge >= 0.3 is 0 Å². The van der Waals surface area contributed by atoms with Gasteiger partial charge < -0.3 is 10.8 Å². The first-order valence-corrected chi connectivity index (χ1v) is 6.97. The quantitative estimate of drug-likeness (QED) is 0.848. The zero-order valence-electron chi connectivity index (χ0n) is 11.9. The van der Waals surface area contributed by atoms with Crippen LogP contribution >= 0.6 is 0 Å². The van der Waals surface area contributed by atoms with Gasteiger partial charge in [0.05, 0.1) is 0 Å². The molecule has 0 fully saturated rings. The molecule has 0 spiro atoms. The number of nitrogens with two attached hydrogens (primary N) is 1. The van der Waals surface area contributed by atoms with Crippen molar-refractivity contribution in [2.45, 2.75) is 19.5 Å². The Labute approximate surface area is 120 Å². The number of benzene rings is 2. The van der Waals surface area contributed by atoms with Gasteiger partial charge in [0.25, 0.3) is 0 Å². The Kier molecular flexibility index (Phi) is 5.16. The van der Waals surface area contributed by atoms with Crippen molar-refractivity contribution in [1.82, 2.24) is 4.90 Å². The summed E-state index contributed by atoms with van der Waals surface area (Å²) in [5.74, 6) is 0.300. The molecule has 20 heavy (non-hydrogen) atoms. The van der Waals surface area contributed by atoms with Gasteiger partial charge in [-0.2, -0.15) is 0 Å². The third kappa shape index (κ3) is 3.83. The topological polar surface area (TPSA) is 49.5 Å². The Morgan fingerprint density at radius 3 is 2.30 bits per heavy atom. The van der Waals surface area contributed by atoms with Gasteiger partial charge in [-0.3, -0.25) is 4.90 Å². The summed E-state index contributed by atoms with van der Waals surface area (Å²) in [5, 5.41) is 9.38. The summed E-state index contributed by atoms with van der Waals surface area (Å²) in [7, 11) is 0. The third-order valence-electron chi connectivity index (χ3n) is 3.57. The molecule has 0 aliphatic heterocycles. The lowest BCUT2D eigenvalue weighted by molar-refractivity contribution is 0.207. The van der Waals surface area contributed by atoms with Gasteiger partial charge in [-0.15, -0.1) is 0 Å². The molecular formula is C17H22N2O. The van der Waals surface area contributed by atoms with Crippen molar-refractivity contribution in [1.29, 1.82) is 0 Å². The van der Waals surface area contributed by atoms with E-state index in [1.165, 1.54) is 11.1 Å². The van der Waals surface area contributed by atoms with E-state index in [1.54, 1.807) is 12.1 Å². The molecule has 0 aliphatic carbocycles. The van der Waals surface area contributed by atoms with Crippen LogP contribution in [0.4, 0.5) is 0 Å². The molecule has 3 heteroatoms.